The minimum Gasteiger partial charge on any atom is -0.481 e. The Morgan fingerprint density at radius 3 is 2.47 bits per heavy atom. The molecule has 1 rings (SSSR count). The Morgan fingerprint density at radius 2 is 2.00 bits per heavy atom. The van der Waals surface area contributed by atoms with Crippen molar-refractivity contribution in [2.75, 3.05) is 6.54 Å². The first kappa shape index (κ1) is 13.6. The van der Waals surface area contributed by atoms with Crippen molar-refractivity contribution < 1.29 is 18.7 Å². The average molecular weight is 243 g/mol. The highest BCUT2D eigenvalue weighted by Gasteiger charge is 2.21. The number of carboxylic acids is 1. The first-order valence-corrected chi connectivity index (χ1v) is 5.45. The molecule has 3 nitrogen and oxygen atoms in total. The molecule has 0 aliphatic rings. The normalized spacial score (nSPS) is 12.4. The second-order valence-electron chi connectivity index (χ2n) is 3.74. The van der Waals surface area contributed by atoms with Crippen molar-refractivity contribution in [3.05, 3.63) is 35.4 Å². The van der Waals surface area contributed by atoms with Crippen LogP contribution in [0.3, 0.4) is 0 Å². The van der Waals surface area contributed by atoms with Crippen LogP contribution in [-0.2, 0) is 4.79 Å². The summed E-state index contributed by atoms with van der Waals surface area (Å²) >= 11 is 0. The maximum atomic E-state index is 13.5. The van der Waals surface area contributed by atoms with Gasteiger partial charge in [0, 0.05) is 11.6 Å². The van der Waals surface area contributed by atoms with E-state index >= 15 is 0 Å². The van der Waals surface area contributed by atoms with E-state index in [1.165, 1.54) is 6.07 Å². The van der Waals surface area contributed by atoms with Gasteiger partial charge in [0.2, 0.25) is 0 Å². The van der Waals surface area contributed by atoms with Gasteiger partial charge in [-0.1, -0.05) is 13.0 Å². The van der Waals surface area contributed by atoms with E-state index in [1.807, 2.05) is 6.92 Å². The largest absolute Gasteiger partial charge is 0.481 e. The zero-order valence-corrected chi connectivity index (χ0v) is 9.54. The molecular formula is C12H15F2NO2. The van der Waals surface area contributed by atoms with Gasteiger partial charge in [0.05, 0.1) is 6.42 Å². The topological polar surface area (TPSA) is 49.3 Å². The van der Waals surface area contributed by atoms with Crippen LogP contribution in [0, 0.1) is 11.6 Å². The van der Waals surface area contributed by atoms with E-state index in [1.54, 1.807) is 0 Å². The van der Waals surface area contributed by atoms with Crippen molar-refractivity contribution in [2.24, 2.45) is 0 Å². The second kappa shape index (κ2) is 6.30. The Hall–Kier alpha value is -1.49. The molecule has 0 spiro atoms. The Balaban J connectivity index is 2.98. The lowest BCUT2D eigenvalue weighted by Crippen LogP contribution is -2.26. The predicted molar refractivity (Wildman–Crippen MR) is 59.6 cm³/mol. The number of carbonyl (C=O) groups is 1. The lowest BCUT2D eigenvalue weighted by Gasteiger charge is -2.18. The van der Waals surface area contributed by atoms with Crippen LogP contribution in [0.15, 0.2) is 18.2 Å². The molecule has 0 aliphatic carbocycles. The highest BCUT2D eigenvalue weighted by atomic mass is 19.1. The van der Waals surface area contributed by atoms with Crippen LogP contribution >= 0.6 is 0 Å². The molecule has 5 heteroatoms. The standard InChI is InChI=1S/C12H15F2NO2/c1-2-6-15-10(7-11(16)17)12-8(13)4-3-5-9(12)14/h3-5,10,15H,2,6-7H2,1H3,(H,16,17). The summed E-state index contributed by atoms with van der Waals surface area (Å²) in [5, 5.41) is 11.6. The van der Waals surface area contributed by atoms with Gasteiger partial charge in [0.1, 0.15) is 11.6 Å². The molecule has 1 atom stereocenters. The lowest BCUT2D eigenvalue weighted by molar-refractivity contribution is -0.137. The molecule has 0 heterocycles. The Bertz CT molecular complexity index is 376. The molecule has 0 saturated heterocycles. The third-order valence-corrected chi connectivity index (χ3v) is 2.37. The number of benzene rings is 1. The first-order chi connectivity index (χ1) is 8.06. The molecule has 17 heavy (non-hydrogen) atoms. The molecule has 0 amide bonds. The van der Waals surface area contributed by atoms with Crippen molar-refractivity contribution in [1.29, 1.82) is 0 Å². The summed E-state index contributed by atoms with van der Waals surface area (Å²) in [6, 6.07) is 2.67. The molecule has 0 fully saturated rings. The number of aliphatic carboxylic acids is 1. The number of nitrogens with one attached hydrogen (secondary N) is 1. The minimum atomic E-state index is -1.10. The summed E-state index contributed by atoms with van der Waals surface area (Å²) in [7, 11) is 0. The monoisotopic (exact) mass is 243 g/mol. The van der Waals surface area contributed by atoms with Gasteiger partial charge in [-0.2, -0.15) is 0 Å². The fourth-order valence-electron chi connectivity index (χ4n) is 1.61. The fourth-order valence-corrected chi connectivity index (χ4v) is 1.61. The van der Waals surface area contributed by atoms with Crippen LogP contribution in [0.25, 0.3) is 0 Å². The number of hydrogen-bond acceptors (Lipinski definition) is 2. The highest BCUT2D eigenvalue weighted by molar-refractivity contribution is 5.68. The quantitative estimate of drug-likeness (QED) is 0.807. The maximum absolute atomic E-state index is 13.5. The van der Waals surface area contributed by atoms with E-state index in [0.717, 1.165) is 18.6 Å². The molecule has 1 unspecified atom stereocenters. The Labute approximate surface area is 98.5 Å². The minimum absolute atomic E-state index is 0.205. The first-order valence-electron chi connectivity index (χ1n) is 5.45. The third-order valence-electron chi connectivity index (χ3n) is 2.37. The number of carboxylic acid groups (broad SMARTS) is 1. The summed E-state index contributed by atoms with van der Waals surface area (Å²) < 4.78 is 27.0. The van der Waals surface area contributed by atoms with Gasteiger partial charge in [-0.15, -0.1) is 0 Å². The molecule has 0 saturated carbocycles. The fraction of sp³-hybridized carbons (Fsp3) is 0.417. The summed E-state index contributed by atoms with van der Waals surface area (Å²) in [6.45, 7) is 2.40. The molecule has 1 aromatic rings. The molecule has 94 valence electrons. The summed E-state index contributed by atoms with van der Waals surface area (Å²) in [4.78, 5) is 10.7. The summed E-state index contributed by atoms with van der Waals surface area (Å²) in [5.41, 5.74) is -0.205. The SMILES string of the molecule is CCCNC(CC(=O)O)c1c(F)cccc1F. The number of rotatable bonds is 6. The van der Waals surface area contributed by atoms with Gasteiger partial charge in [-0.05, 0) is 25.1 Å². The van der Waals surface area contributed by atoms with Gasteiger partial charge in [0.25, 0.3) is 0 Å². The van der Waals surface area contributed by atoms with Crippen LogP contribution in [0.4, 0.5) is 8.78 Å². The summed E-state index contributed by atoms with van der Waals surface area (Å²) in [6.07, 6.45) is 0.407. The molecule has 0 bridgehead atoms. The van der Waals surface area contributed by atoms with Crippen molar-refractivity contribution in [1.82, 2.24) is 5.32 Å². The van der Waals surface area contributed by atoms with Crippen LogP contribution in [0.2, 0.25) is 0 Å². The molecular weight excluding hydrogens is 228 g/mol. The molecule has 0 aromatic heterocycles. The lowest BCUT2D eigenvalue weighted by atomic mass is 10.0. The molecule has 0 radical (unpaired) electrons. The van der Waals surface area contributed by atoms with Crippen molar-refractivity contribution in [3.63, 3.8) is 0 Å². The van der Waals surface area contributed by atoms with E-state index in [-0.39, 0.29) is 12.0 Å². The molecule has 0 aliphatic heterocycles. The highest BCUT2D eigenvalue weighted by Crippen LogP contribution is 2.23. The zero-order valence-electron chi connectivity index (χ0n) is 9.54. The maximum Gasteiger partial charge on any atom is 0.305 e. The van der Waals surface area contributed by atoms with E-state index in [9.17, 15) is 13.6 Å². The van der Waals surface area contributed by atoms with Gasteiger partial charge < -0.3 is 10.4 Å². The Morgan fingerprint density at radius 1 is 1.41 bits per heavy atom. The number of halogens is 2. The third kappa shape index (κ3) is 3.78. The smallest absolute Gasteiger partial charge is 0.305 e. The molecule has 2 N–H and O–H groups in total. The number of hydrogen-bond donors (Lipinski definition) is 2. The van der Waals surface area contributed by atoms with E-state index in [2.05, 4.69) is 5.32 Å². The second-order valence-corrected chi connectivity index (χ2v) is 3.74. The van der Waals surface area contributed by atoms with Crippen LogP contribution < -0.4 is 5.32 Å². The average Bonchev–Trinajstić information content (AvgIpc) is 2.24. The van der Waals surface area contributed by atoms with Crippen LogP contribution in [0.5, 0.6) is 0 Å². The van der Waals surface area contributed by atoms with E-state index < -0.39 is 23.6 Å². The van der Waals surface area contributed by atoms with Crippen molar-refractivity contribution in [3.8, 4) is 0 Å². The van der Waals surface area contributed by atoms with Gasteiger partial charge in [-0.3, -0.25) is 4.79 Å². The van der Waals surface area contributed by atoms with E-state index in [4.69, 9.17) is 5.11 Å². The molecule has 1 aromatic carbocycles. The van der Waals surface area contributed by atoms with Crippen molar-refractivity contribution >= 4 is 5.97 Å². The summed E-state index contributed by atoms with van der Waals surface area (Å²) in [5.74, 6) is -2.54. The Kier molecular flexibility index (Phi) is 5.03. The van der Waals surface area contributed by atoms with Crippen molar-refractivity contribution in [2.45, 2.75) is 25.8 Å². The van der Waals surface area contributed by atoms with Gasteiger partial charge in [-0.25, -0.2) is 8.78 Å². The van der Waals surface area contributed by atoms with Gasteiger partial charge >= 0.3 is 5.97 Å². The van der Waals surface area contributed by atoms with Crippen LogP contribution in [0.1, 0.15) is 31.4 Å². The zero-order chi connectivity index (χ0) is 12.8. The van der Waals surface area contributed by atoms with Crippen LogP contribution in [-0.4, -0.2) is 17.6 Å². The van der Waals surface area contributed by atoms with Gasteiger partial charge in [0.15, 0.2) is 0 Å². The van der Waals surface area contributed by atoms with E-state index in [0.29, 0.717) is 6.54 Å². The predicted octanol–water partition coefficient (Wildman–Crippen LogP) is 2.48.